The van der Waals surface area contributed by atoms with Gasteiger partial charge in [0.15, 0.2) is 6.23 Å². The normalized spacial score (nSPS) is 26.8. The second-order valence-corrected chi connectivity index (χ2v) is 7.23. The Balaban J connectivity index is 1.67. The van der Waals surface area contributed by atoms with Gasteiger partial charge in [-0.15, -0.1) is 0 Å². The quantitative estimate of drug-likeness (QED) is 0.578. The molecule has 150 valence electrons. The maximum Gasteiger partial charge on any atom is 0.413 e. The fourth-order valence-corrected chi connectivity index (χ4v) is 3.27. The molecule has 0 spiro atoms. The van der Waals surface area contributed by atoms with E-state index in [1.54, 1.807) is 24.3 Å². The summed E-state index contributed by atoms with van der Waals surface area (Å²) in [6.07, 6.45) is -4.14. The second-order valence-electron chi connectivity index (χ2n) is 6.02. The van der Waals surface area contributed by atoms with Crippen molar-refractivity contribution in [2.45, 2.75) is 29.6 Å². The highest BCUT2D eigenvalue weighted by molar-refractivity contribution is 9.10. The number of alkyl halides is 2. The summed E-state index contributed by atoms with van der Waals surface area (Å²) >= 11 is 2.70. The number of nitrogens with one attached hydrogen (secondary N) is 1. The summed E-state index contributed by atoms with van der Waals surface area (Å²) in [5.74, 6) is -0.101. The summed E-state index contributed by atoms with van der Waals surface area (Å²) in [4.78, 5) is 27.7. The Hall–Kier alpha value is -2.34. The van der Waals surface area contributed by atoms with Crippen molar-refractivity contribution in [2.75, 3.05) is 11.9 Å². The van der Waals surface area contributed by atoms with Gasteiger partial charge in [0.1, 0.15) is 24.6 Å². The molecule has 28 heavy (non-hydrogen) atoms. The van der Waals surface area contributed by atoms with E-state index in [1.807, 2.05) is 6.07 Å². The lowest BCUT2D eigenvalue weighted by atomic mass is 10.1. The molecule has 3 N–H and O–H groups in total. The lowest BCUT2D eigenvalue weighted by molar-refractivity contribution is -0.0506. The number of ether oxygens (including phenoxy) is 2. The van der Waals surface area contributed by atoms with E-state index in [9.17, 15) is 19.1 Å². The molecule has 1 saturated heterocycles. The summed E-state index contributed by atoms with van der Waals surface area (Å²) in [7, 11) is 0. The van der Waals surface area contributed by atoms with Crippen molar-refractivity contribution in [2.24, 2.45) is 0 Å². The molecule has 9 nitrogen and oxygen atoms in total. The molecule has 2 heterocycles. The summed E-state index contributed by atoms with van der Waals surface area (Å²) in [5.41, 5.74) is -0.147. The number of carbonyl (C=O) groups excluding carboxylic acids is 1. The van der Waals surface area contributed by atoms with Crippen LogP contribution in [0.5, 0.6) is 0 Å². The summed E-state index contributed by atoms with van der Waals surface area (Å²) in [5, 5.41) is 21.3. The standard InChI is InChI=1S/C17H17BrFN3O6/c18-17(19)13(24)11(8-23)28-14(17)22-7-6-12(20-15(22)25)21-16(26)27-9-10-4-2-1-3-5-10/h1-7,11,13-14,23-24H,8-9H2,(H,20,21,25,26)/t11-,13+,14-,17?/m1/s1. The van der Waals surface area contributed by atoms with E-state index in [2.05, 4.69) is 26.2 Å². The summed E-state index contributed by atoms with van der Waals surface area (Å²) in [6, 6.07) is 10.2. The van der Waals surface area contributed by atoms with E-state index in [1.165, 1.54) is 6.07 Å². The first-order valence-electron chi connectivity index (χ1n) is 8.22. The van der Waals surface area contributed by atoms with Crippen LogP contribution in [0.4, 0.5) is 15.0 Å². The van der Waals surface area contributed by atoms with Gasteiger partial charge in [-0.2, -0.15) is 4.98 Å². The number of aliphatic hydroxyl groups is 2. The highest BCUT2D eigenvalue weighted by atomic mass is 79.9. The van der Waals surface area contributed by atoms with Gasteiger partial charge in [0, 0.05) is 6.20 Å². The summed E-state index contributed by atoms with van der Waals surface area (Å²) in [6.45, 7) is -0.599. The number of aliphatic hydroxyl groups excluding tert-OH is 2. The van der Waals surface area contributed by atoms with Crippen molar-refractivity contribution in [3.05, 3.63) is 58.6 Å². The number of nitrogens with zero attached hydrogens (tertiary/aromatic N) is 2. The molecule has 0 radical (unpaired) electrons. The number of hydrogen-bond donors (Lipinski definition) is 3. The molecular weight excluding hydrogens is 441 g/mol. The van der Waals surface area contributed by atoms with Crippen LogP contribution in [0.3, 0.4) is 0 Å². The van der Waals surface area contributed by atoms with Crippen LogP contribution in [0.15, 0.2) is 47.4 Å². The highest BCUT2D eigenvalue weighted by Crippen LogP contribution is 2.45. The smallest absolute Gasteiger partial charge is 0.413 e. The van der Waals surface area contributed by atoms with Crippen molar-refractivity contribution >= 4 is 27.8 Å². The minimum atomic E-state index is -2.50. The molecule has 1 aromatic heterocycles. The molecule has 0 aliphatic carbocycles. The van der Waals surface area contributed by atoms with Gasteiger partial charge in [0.2, 0.25) is 4.58 Å². The van der Waals surface area contributed by atoms with E-state index in [4.69, 9.17) is 14.6 Å². The molecule has 3 rings (SSSR count). The molecule has 1 aliphatic heterocycles. The fourth-order valence-electron chi connectivity index (χ4n) is 2.64. The van der Waals surface area contributed by atoms with Crippen LogP contribution in [0, 0.1) is 0 Å². The van der Waals surface area contributed by atoms with Gasteiger partial charge < -0.3 is 19.7 Å². The molecule has 0 saturated carbocycles. The number of aromatic nitrogens is 2. The van der Waals surface area contributed by atoms with Crippen LogP contribution in [-0.4, -0.2) is 49.3 Å². The summed E-state index contributed by atoms with van der Waals surface area (Å²) < 4.78 is 23.2. The number of amides is 1. The molecule has 1 aromatic carbocycles. The lowest BCUT2D eigenvalue weighted by Gasteiger charge is -2.23. The largest absolute Gasteiger partial charge is 0.444 e. The number of halogens is 2. The monoisotopic (exact) mass is 457 g/mol. The van der Waals surface area contributed by atoms with Crippen LogP contribution in [0.25, 0.3) is 0 Å². The van der Waals surface area contributed by atoms with Gasteiger partial charge in [0.25, 0.3) is 0 Å². The first-order chi connectivity index (χ1) is 13.3. The van der Waals surface area contributed by atoms with Crippen LogP contribution < -0.4 is 11.0 Å². The molecule has 11 heteroatoms. The average Bonchev–Trinajstić information content (AvgIpc) is 2.90. The van der Waals surface area contributed by atoms with Gasteiger partial charge >= 0.3 is 11.8 Å². The van der Waals surface area contributed by atoms with Gasteiger partial charge in [-0.25, -0.2) is 14.0 Å². The Kier molecular flexibility index (Phi) is 6.08. The predicted molar refractivity (Wildman–Crippen MR) is 98.5 cm³/mol. The maximum absolute atomic E-state index is 14.7. The van der Waals surface area contributed by atoms with Crippen molar-refractivity contribution in [3.63, 3.8) is 0 Å². The van der Waals surface area contributed by atoms with Gasteiger partial charge in [0.05, 0.1) is 6.61 Å². The molecule has 4 atom stereocenters. The zero-order valence-corrected chi connectivity index (χ0v) is 16.0. The van der Waals surface area contributed by atoms with Crippen LogP contribution in [0.1, 0.15) is 11.8 Å². The predicted octanol–water partition coefficient (Wildman–Crippen LogP) is 1.30. The van der Waals surface area contributed by atoms with E-state index in [0.717, 1.165) is 16.3 Å². The third kappa shape index (κ3) is 4.22. The second kappa shape index (κ2) is 8.35. The number of hydrogen-bond acceptors (Lipinski definition) is 7. The molecule has 2 aromatic rings. The first kappa shape index (κ1) is 20.4. The minimum Gasteiger partial charge on any atom is -0.444 e. The molecule has 1 unspecified atom stereocenters. The SMILES string of the molecule is O=C(Nc1ccn([C@@H]2O[C@H](CO)[C@H](O)C2(F)Br)c(=O)n1)OCc1ccccc1. The number of rotatable bonds is 5. The topological polar surface area (TPSA) is 123 Å². The van der Waals surface area contributed by atoms with Gasteiger partial charge in [-0.1, -0.05) is 30.3 Å². The third-order valence-corrected chi connectivity index (χ3v) is 4.95. The number of anilines is 1. The molecule has 1 amide bonds. The Morgan fingerprint density at radius 2 is 2.11 bits per heavy atom. The Labute approximate surface area is 166 Å². The van der Waals surface area contributed by atoms with E-state index in [-0.39, 0.29) is 12.4 Å². The molecule has 0 bridgehead atoms. The molecular formula is C17H17BrFN3O6. The van der Waals surface area contributed by atoms with Crippen LogP contribution in [0.2, 0.25) is 0 Å². The van der Waals surface area contributed by atoms with Crippen molar-refractivity contribution in [1.29, 1.82) is 0 Å². The highest BCUT2D eigenvalue weighted by Gasteiger charge is 2.56. The fraction of sp³-hybridized carbons (Fsp3) is 0.353. The average molecular weight is 458 g/mol. The lowest BCUT2D eigenvalue weighted by Crippen LogP contribution is -2.40. The Morgan fingerprint density at radius 1 is 1.39 bits per heavy atom. The number of benzene rings is 1. The molecule has 1 fully saturated rings. The van der Waals surface area contributed by atoms with Gasteiger partial charge in [-0.3, -0.25) is 9.88 Å². The van der Waals surface area contributed by atoms with E-state index < -0.39 is 41.4 Å². The van der Waals surface area contributed by atoms with Crippen LogP contribution >= 0.6 is 15.9 Å². The minimum absolute atomic E-state index is 0.0358. The van der Waals surface area contributed by atoms with Crippen LogP contribution in [-0.2, 0) is 16.1 Å². The van der Waals surface area contributed by atoms with Crippen molar-refractivity contribution in [1.82, 2.24) is 9.55 Å². The zero-order chi connectivity index (χ0) is 20.3. The Morgan fingerprint density at radius 3 is 2.71 bits per heavy atom. The maximum atomic E-state index is 14.7. The van der Waals surface area contributed by atoms with Crippen molar-refractivity contribution < 1.29 is 28.9 Å². The molecule has 1 aliphatic rings. The Bertz CT molecular complexity index is 894. The zero-order valence-electron chi connectivity index (χ0n) is 14.4. The van der Waals surface area contributed by atoms with E-state index in [0.29, 0.717) is 0 Å². The van der Waals surface area contributed by atoms with E-state index >= 15 is 0 Å². The first-order valence-corrected chi connectivity index (χ1v) is 9.01. The number of carbonyl (C=O) groups is 1. The van der Waals surface area contributed by atoms with Gasteiger partial charge in [-0.05, 0) is 27.6 Å². The van der Waals surface area contributed by atoms with Crippen molar-refractivity contribution in [3.8, 4) is 0 Å². The third-order valence-electron chi connectivity index (χ3n) is 4.08.